The third-order valence-corrected chi connectivity index (χ3v) is 3.80. The average Bonchev–Trinajstić information content (AvgIpc) is 3.25. The monoisotopic (exact) mass is 262 g/mol. The van der Waals surface area contributed by atoms with Gasteiger partial charge in [0.25, 0.3) is 0 Å². The molecule has 3 heteroatoms. The van der Waals surface area contributed by atoms with E-state index in [1.54, 1.807) is 7.11 Å². The first-order chi connectivity index (χ1) is 9.30. The average molecular weight is 262 g/mol. The highest BCUT2D eigenvalue weighted by Crippen LogP contribution is 2.34. The van der Waals surface area contributed by atoms with Gasteiger partial charge in [-0.2, -0.15) is 0 Å². The maximum Gasteiger partial charge on any atom is 0.0713 e. The SMILES string of the molecule is CCCN(C1CC1)C(CN)c1ccc(COC)cc1. The van der Waals surface area contributed by atoms with Crippen molar-refractivity contribution >= 4 is 0 Å². The van der Waals surface area contributed by atoms with E-state index in [-0.39, 0.29) is 0 Å². The Bertz CT molecular complexity index is 373. The lowest BCUT2D eigenvalue weighted by Gasteiger charge is -2.31. The lowest BCUT2D eigenvalue weighted by atomic mass is 10.0. The summed E-state index contributed by atoms with van der Waals surface area (Å²) in [6, 6.07) is 9.83. The van der Waals surface area contributed by atoms with Gasteiger partial charge in [0, 0.05) is 25.7 Å². The van der Waals surface area contributed by atoms with Crippen molar-refractivity contribution in [1.82, 2.24) is 4.90 Å². The number of hydrogen-bond donors (Lipinski definition) is 1. The van der Waals surface area contributed by atoms with Crippen molar-refractivity contribution in [2.45, 2.75) is 44.9 Å². The Morgan fingerprint density at radius 2 is 2.00 bits per heavy atom. The molecule has 0 amide bonds. The van der Waals surface area contributed by atoms with E-state index >= 15 is 0 Å². The first kappa shape index (κ1) is 14.5. The summed E-state index contributed by atoms with van der Waals surface area (Å²) in [6.07, 6.45) is 3.85. The number of nitrogens with two attached hydrogens (primary N) is 1. The Morgan fingerprint density at radius 1 is 1.32 bits per heavy atom. The van der Waals surface area contributed by atoms with Crippen molar-refractivity contribution < 1.29 is 4.74 Å². The number of ether oxygens (including phenoxy) is 1. The molecule has 0 radical (unpaired) electrons. The fraction of sp³-hybridized carbons (Fsp3) is 0.625. The Labute approximate surface area is 116 Å². The molecule has 0 saturated heterocycles. The van der Waals surface area contributed by atoms with Gasteiger partial charge in [-0.3, -0.25) is 4.90 Å². The van der Waals surface area contributed by atoms with Crippen molar-refractivity contribution in [1.29, 1.82) is 0 Å². The predicted octanol–water partition coefficient (Wildman–Crippen LogP) is 2.71. The number of rotatable bonds is 8. The molecule has 1 saturated carbocycles. The fourth-order valence-corrected chi connectivity index (χ4v) is 2.72. The first-order valence-corrected chi connectivity index (χ1v) is 7.33. The molecule has 1 aliphatic rings. The van der Waals surface area contributed by atoms with Gasteiger partial charge >= 0.3 is 0 Å². The second-order valence-electron chi connectivity index (χ2n) is 5.40. The van der Waals surface area contributed by atoms with Crippen molar-refractivity contribution in [3.63, 3.8) is 0 Å². The van der Waals surface area contributed by atoms with Crippen molar-refractivity contribution in [2.75, 3.05) is 20.2 Å². The van der Waals surface area contributed by atoms with Gasteiger partial charge < -0.3 is 10.5 Å². The minimum absolute atomic E-state index is 0.365. The number of hydrogen-bond acceptors (Lipinski definition) is 3. The minimum atomic E-state index is 0.365. The van der Waals surface area contributed by atoms with Crippen LogP contribution in [0, 0.1) is 0 Å². The van der Waals surface area contributed by atoms with Gasteiger partial charge in [-0.25, -0.2) is 0 Å². The molecule has 1 aromatic rings. The molecule has 0 spiro atoms. The summed E-state index contributed by atoms with van der Waals surface area (Å²) in [7, 11) is 1.73. The maximum atomic E-state index is 6.03. The van der Waals surface area contributed by atoms with Crippen molar-refractivity contribution in [2.24, 2.45) is 5.73 Å². The minimum Gasteiger partial charge on any atom is -0.380 e. The van der Waals surface area contributed by atoms with E-state index in [0.717, 1.165) is 12.6 Å². The van der Waals surface area contributed by atoms with Crippen LogP contribution in [-0.2, 0) is 11.3 Å². The molecule has 0 aromatic heterocycles. The van der Waals surface area contributed by atoms with Crippen LogP contribution in [-0.4, -0.2) is 31.1 Å². The van der Waals surface area contributed by atoms with Crippen LogP contribution >= 0.6 is 0 Å². The normalized spacial score (nSPS) is 16.8. The number of methoxy groups -OCH3 is 1. The largest absolute Gasteiger partial charge is 0.380 e. The van der Waals surface area contributed by atoms with Gasteiger partial charge in [0.15, 0.2) is 0 Å². The van der Waals surface area contributed by atoms with Gasteiger partial charge in [-0.05, 0) is 36.9 Å². The van der Waals surface area contributed by atoms with E-state index in [1.165, 1.54) is 30.4 Å². The van der Waals surface area contributed by atoms with Crippen LogP contribution in [0.2, 0.25) is 0 Å². The molecule has 0 heterocycles. The number of nitrogens with zero attached hydrogens (tertiary/aromatic N) is 1. The highest BCUT2D eigenvalue weighted by atomic mass is 16.5. The quantitative estimate of drug-likeness (QED) is 0.783. The summed E-state index contributed by atoms with van der Waals surface area (Å²) in [5.41, 5.74) is 8.59. The molecule has 1 atom stereocenters. The van der Waals surface area contributed by atoms with E-state index in [4.69, 9.17) is 10.5 Å². The molecule has 1 fully saturated rings. The van der Waals surface area contributed by atoms with Gasteiger partial charge in [0.2, 0.25) is 0 Å². The Kier molecular flexibility index (Phi) is 5.37. The molecule has 0 bridgehead atoms. The van der Waals surface area contributed by atoms with Crippen LogP contribution in [0.25, 0.3) is 0 Å². The molecular weight excluding hydrogens is 236 g/mol. The van der Waals surface area contributed by atoms with Crippen LogP contribution in [0.4, 0.5) is 0 Å². The third-order valence-electron chi connectivity index (χ3n) is 3.80. The summed E-state index contributed by atoms with van der Waals surface area (Å²) < 4.78 is 5.15. The van der Waals surface area contributed by atoms with Crippen LogP contribution < -0.4 is 5.73 Å². The summed E-state index contributed by atoms with van der Waals surface area (Å²) in [5, 5.41) is 0. The van der Waals surface area contributed by atoms with Gasteiger partial charge in [0.1, 0.15) is 0 Å². The summed E-state index contributed by atoms with van der Waals surface area (Å²) >= 11 is 0. The highest BCUT2D eigenvalue weighted by molar-refractivity contribution is 5.25. The highest BCUT2D eigenvalue weighted by Gasteiger charge is 2.33. The molecule has 1 aromatic carbocycles. The van der Waals surface area contributed by atoms with Crippen molar-refractivity contribution in [3.05, 3.63) is 35.4 Å². The lowest BCUT2D eigenvalue weighted by Crippen LogP contribution is -2.36. The van der Waals surface area contributed by atoms with Crippen LogP contribution in [0.5, 0.6) is 0 Å². The van der Waals surface area contributed by atoms with Crippen molar-refractivity contribution in [3.8, 4) is 0 Å². The topological polar surface area (TPSA) is 38.5 Å². The molecule has 2 rings (SSSR count). The van der Waals surface area contributed by atoms with Gasteiger partial charge in [0.05, 0.1) is 6.61 Å². The predicted molar refractivity (Wildman–Crippen MR) is 79.0 cm³/mol. The molecule has 2 N–H and O–H groups in total. The molecule has 106 valence electrons. The molecule has 0 aliphatic heterocycles. The Balaban J connectivity index is 2.10. The standard InChI is InChI=1S/C16H26N2O/c1-3-10-18(15-8-9-15)16(11-17)14-6-4-13(5-7-14)12-19-2/h4-7,15-16H,3,8-12,17H2,1-2H3. The van der Waals surface area contributed by atoms with Crippen LogP contribution in [0.1, 0.15) is 43.4 Å². The van der Waals surface area contributed by atoms with Crippen LogP contribution in [0.3, 0.4) is 0 Å². The summed E-state index contributed by atoms with van der Waals surface area (Å²) in [6.45, 7) is 4.76. The molecular formula is C16H26N2O. The second-order valence-corrected chi connectivity index (χ2v) is 5.40. The Hall–Kier alpha value is -0.900. The first-order valence-electron chi connectivity index (χ1n) is 7.33. The zero-order valence-corrected chi connectivity index (χ0v) is 12.1. The zero-order valence-electron chi connectivity index (χ0n) is 12.1. The lowest BCUT2D eigenvalue weighted by molar-refractivity contribution is 0.184. The molecule has 19 heavy (non-hydrogen) atoms. The smallest absolute Gasteiger partial charge is 0.0713 e. The van der Waals surface area contributed by atoms with E-state index in [1.807, 2.05) is 0 Å². The number of benzene rings is 1. The van der Waals surface area contributed by atoms with Crippen LogP contribution in [0.15, 0.2) is 24.3 Å². The zero-order chi connectivity index (χ0) is 13.7. The second kappa shape index (κ2) is 7.04. The summed E-state index contributed by atoms with van der Waals surface area (Å²) in [4.78, 5) is 2.59. The third kappa shape index (κ3) is 3.78. The molecule has 1 aliphatic carbocycles. The molecule has 3 nitrogen and oxygen atoms in total. The van der Waals surface area contributed by atoms with Gasteiger partial charge in [-0.1, -0.05) is 31.2 Å². The van der Waals surface area contributed by atoms with E-state index in [9.17, 15) is 0 Å². The fourth-order valence-electron chi connectivity index (χ4n) is 2.72. The van der Waals surface area contributed by atoms with E-state index in [2.05, 4.69) is 36.1 Å². The summed E-state index contributed by atoms with van der Waals surface area (Å²) in [5.74, 6) is 0. The van der Waals surface area contributed by atoms with E-state index < -0.39 is 0 Å². The van der Waals surface area contributed by atoms with Gasteiger partial charge in [-0.15, -0.1) is 0 Å². The maximum absolute atomic E-state index is 6.03. The van der Waals surface area contributed by atoms with E-state index in [0.29, 0.717) is 19.2 Å². The Morgan fingerprint density at radius 3 is 2.47 bits per heavy atom. The molecule has 1 unspecified atom stereocenters.